The highest BCUT2D eigenvalue weighted by Crippen LogP contribution is 2.26. The molecule has 0 saturated carbocycles. The summed E-state index contributed by atoms with van der Waals surface area (Å²) in [6.45, 7) is 0. The van der Waals surface area contributed by atoms with Crippen LogP contribution in [-0.2, 0) is 0 Å². The quantitative estimate of drug-likeness (QED) is 0.700. The second-order valence-corrected chi connectivity index (χ2v) is 6.13. The Hall–Kier alpha value is -1.84. The van der Waals surface area contributed by atoms with E-state index < -0.39 is 0 Å². The van der Waals surface area contributed by atoms with Crippen LogP contribution in [0, 0.1) is 0 Å². The van der Waals surface area contributed by atoms with Crippen molar-refractivity contribution < 1.29 is 4.79 Å². The van der Waals surface area contributed by atoms with E-state index in [0.29, 0.717) is 10.8 Å². The smallest absolute Gasteiger partial charge is 0.261 e. The zero-order valence-electron chi connectivity index (χ0n) is 11.3. The molecule has 0 radical (unpaired) electrons. The van der Waals surface area contributed by atoms with E-state index in [-0.39, 0.29) is 11.9 Å². The van der Waals surface area contributed by atoms with E-state index in [4.69, 9.17) is 11.6 Å². The van der Waals surface area contributed by atoms with Crippen LogP contribution < -0.4 is 5.32 Å². The van der Waals surface area contributed by atoms with Gasteiger partial charge < -0.3 is 5.32 Å². The largest absolute Gasteiger partial charge is 0.343 e. The van der Waals surface area contributed by atoms with Gasteiger partial charge in [0.2, 0.25) is 0 Å². The molecular weight excluding hydrogens is 302 g/mol. The molecule has 2 aromatic carbocycles. The van der Waals surface area contributed by atoms with Crippen molar-refractivity contribution in [2.24, 2.45) is 0 Å². The van der Waals surface area contributed by atoms with Crippen molar-refractivity contribution in [1.82, 2.24) is 5.32 Å². The van der Waals surface area contributed by atoms with Crippen LogP contribution in [0.25, 0.3) is 10.1 Å². The van der Waals surface area contributed by atoms with Gasteiger partial charge in [0.05, 0.1) is 10.9 Å². The fraction of sp³-hybridized carbons (Fsp3) is 0.118. The molecule has 0 spiro atoms. The van der Waals surface area contributed by atoms with Gasteiger partial charge in [-0.25, -0.2) is 0 Å². The van der Waals surface area contributed by atoms with Crippen LogP contribution in [0.15, 0.2) is 60.7 Å². The zero-order valence-corrected chi connectivity index (χ0v) is 12.8. The van der Waals surface area contributed by atoms with Crippen molar-refractivity contribution in [2.45, 2.75) is 6.04 Å². The number of carbonyl (C=O) groups is 1. The first-order valence-corrected chi connectivity index (χ1v) is 8.03. The maximum absolute atomic E-state index is 12.4. The number of benzene rings is 2. The molecule has 0 aliphatic rings. The van der Waals surface area contributed by atoms with Gasteiger partial charge in [-0.1, -0.05) is 48.5 Å². The molecule has 2 nitrogen and oxygen atoms in total. The van der Waals surface area contributed by atoms with Crippen LogP contribution in [0.4, 0.5) is 0 Å². The summed E-state index contributed by atoms with van der Waals surface area (Å²) in [5.74, 6) is 0.270. The number of hydrogen-bond acceptors (Lipinski definition) is 2. The van der Waals surface area contributed by atoms with Gasteiger partial charge in [0.25, 0.3) is 5.91 Å². The third-order valence-electron chi connectivity index (χ3n) is 3.31. The van der Waals surface area contributed by atoms with Crippen molar-refractivity contribution in [3.05, 3.63) is 71.1 Å². The monoisotopic (exact) mass is 315 g/mol. The Morgan fingerprint density at radius 1 is 1.10 bits per heavy atom. The molecule has 3 rings (SSSR count). The molecule has 1 aromatic heterocycles. The molecule has 1 N–H and O–H groups in total. The summed E-state index contributed by atoms with van der Waals surface area (Å²) in [5.41, 5.74) is 1.02. The molecule has 0 aliphatic heterocycles. The Labute approximate surface area is 132 Å². The second kappa shape index (κ2) is 6.29. The van der Waals surface area contributed by atoms with E-state index in [1.807, 2.05) is 60.7 Å². The van der Waals surface area contributed by atoms with Crippen molar-refractivity contribution in [3.8, 4) is 0 Å². The lowest BCUT2D eigenvalue weighted by molar-refractivity contribution is 0.0944. The number of carbonyl (C=O) groups excluding carboxylic acids is 1. The minimum absolute atomic E-state index is 0.0781. The maximum atomic E-state index is 12.4. The third kappa shape index (κ3) is 3.09. The summed E-state index contributed by atoms with van der Waals surface area (Å²) in [5, 5.41) is 4.09. The second-order valence-electron chi connectivity index (χ2n) is 4.74. The Morgan fingerprint density at radius 3 is 2.52 bits per heavy atom. The molecule has 0 aliphatic carbocycles. The van der Waals surface area contributed by atoms with Gasteiger partial charge in [-0.2, -0.15) is 0 Å². The normalized spacial score (nSPS) is 12.2. The van der Waals surface area contributed by atoms with E-state index in [2.05, 4.69) is 5.32 Å². The molecule has 106 valence electrons. The van der Waals surface area contributed by atoms with E-state index in [1.54, 1.807) is 0 Å². The summed E-state index contributed by atoms with van der Waals surface area (Å²) in [4.78, 5) is 13.1. The standard InChI is InChI=1S/C17H14ClNOS/c18-11-14(12-6-2-1-3-7-12)19-17(20)16-10-13-8-4-5-9-15(13)21-16/h1-10,14H,11H2,(H,19,20). The highest BCUT2D eigenvalue weighted by Gasteiger charge is 2.16. The van der Waals surface area contributed by atoms with E-state index >= 15 is 0 Å². The predicted molar refractivity (Wildman–Crippen MR) is 89.2 cm³/mol. The predicted octanol–water partition coefficient (Wildman–Crippen LogP) is 4.61. The molecular formula is C17H14ClNOS. The van der Waals surface area contributed by atoms with Crippen LogP contribution in [0.2, 0.25) is 0 Å². The van der Waals surface area contributed by atoms with Gasteiger partial charge in [0.15, 0.2) is 0 Å². The highest BCUT2D eigenvalue weighted by molar-refractivity contribution is 7.20. The Morgan fingerprint density at radius 2 is 1.81 bits per heavy atom. The lowest BCUT2D eigenvalue weighted by Crippen LogP contribution is -2.28. The van der Waals surface area contributed by atoms with Crippen molar-refractivity contribution >= 4 is 38.9 Å². The molecule has 0 saturated heterocycles. The molecule has 1 unspecified atom stereocenters. The summed E-state index contributed by atoms with van der Waals surface area (Å²) in [6, 6.07) is 19.5. The number of nitrogens with one attached hydrogen (secondary N) is 1. The first kappa shape index (κ1) is 14.1. The molecule has 1 heterocycles. The average molecular weight is 316 g/mol. The van der Waals surface area contributed by atoms with E-state index in [9.17, 15) is 4.79 Å². The fourth-order valence-electron chi connectivity index (χ4n) is 2.22. The van der Waals surface area contributed by atoms with Crippen molar-refractivity contribution in [2.75, 3.05) is 5.88 Å². The molecule has 1 atom stereocenters. The van der Waals surface area contributed by atoms with Crippen LogP contribution in [0.3, 0.4) is 0 Å². The van der Waals surface area contributed by atoms with Gasteiger partial charge in [0, 0.05) is 10.6 Å². The van der Waals surface area contributed by atoms with Gasteiger partial charge in [0.1, 0.15) is 0 Å². The molecule has 21 heavy (non-hydrogen) atoms. The summed E-state index contributed by atoms with van der Waals surface area (Å²) < 4.78 is 1.12. The molecule has 0 fully saturated rings. The SMILES string of the molecule is O=C(NC(CCl)c1ccccc1)c1cc2ccccc2s1. The maximum Gasteiger partial charge on any atom is 0.261 e. The van der Waals surface area contributed by atoms with E-state index in [1.165, 1.54) is 11.3 Å². The zero-order chi connectivity index (χ0) is 14.7. The topological polar surface area (TPSA) is 29.1 Å². The first-order chi connectivity index (χ1) is 10.3. The van der Waals surface area contributed by atoms with Crippen LogP contribution >= 0.6 is 22.9 Å². The summed E-state index contributed by atoms with van der Waals surface area (Å²) in [7, 11) is 0. The minimum atomic E-state index is -0.175. The lowest BCUT2D eigenvalue weighted by atomic mass is 10.1. The Bertz CT molecular complexity index is 721. The lowest BCUT2D eigenvalue weighted by Gasteiger charge is -2.15. The highest BCUT2D eigenvalue weighted by atomic mass is 35.5. The van der Waals surface area contributed by atoms with Gasteiger partial charge in [-0.05, 0) is 23.1 Å². The number of rotatable bonds is 4. The van der Waals surface area contributed by atoms with Gasteiger partial charge in [-0.3, -0.25) is 4.79 Å². The Kier molecular flexibility index (Phi) is 4.23. The molecule has 4 heteroatoms. The van der Waals surface area contributed by atoms with Crippen molar-refractivity contribution in [1.29, 1.82) is 0 Å². The number of halogens is 1. The van der Waals surface area contributed by atoms with E-state index in [0.717, 1.165) is 15.6 Å². The number of amides is 1. The Balaban J connectivity index is 1.81. The summed E-state index contributed by atoms with van der Waals surface area (Å²) in [6.07, 6.45) is 0. The number of alkyl halides is 1. The number of hydrogen-bond donors (Lipinski definition) is 1. The minimum Gasteiger partial charge on any atom is -0.343 e. The summed E-state index contributed by atoms with van der Waals surface area (Å²) >= 11 is 7.50. The molecule has 1 amide bonds. The van der Waals surface area contributed by atoms with Crippen molar-refractivity contribution in [3.63, 3.8) is 0 Å². The first-order valence-electron chi connectivity index (χ1n) is 6.68. The third-order valence-corrected chi connectivity index (χ3v) is 4.73. The molecule has 3 aromatic rings. The van der Waals surface area contributed by atoms with Crippen LogP contribution in [0.5, 0.6) is 0 Å². The average Bonchev–Trinajstić information content (AvgIpc) is 2.97. The number of fused-ring (bicyclic) bond motifs is 1. The van der Waals surface area contributed by atoms with Gasteiger partial charge in [-0.15, -0.1) is 22.9 Å². The van der Waals surface area contributed by atoms with Crippen LogP contribution in [-0.4, -0.2) is 11.8 Å². The molecule has 0 bridgehead atoms. The van der Waals surface area contributed by atoms with Gasteiger partial charge >= 0.3 is 0 Å². The fourth-order valence-corrected chi connectivity index (χ4v) is 3.44. The van der Waals surface area contributed by atoms with Crippen LogP contribution in [0.1, 0.15) is 21.3 Å². The number of thiophene rings is 1.